The molecule has 0 fully saturated rings. The number of carbonyl (C=O) groups is 2. The molecule has 0 bridgehead atoms. The summed E-state index contributed by atoms with van der Waals surface area (Å²) in [6.07, 6.45) is 3.44. The van der Waals surface area contributed by atoms with Crippen molar-refractivity contribution in [3.8, 4) is 6.07 Å². The molecule has 1 aromatic carbocycles. The topological polar surface area (TPSA) is 80.0 Å². The third-order valence-corrected chi connectivity index (χ3v) is 5.25. The monoisotopic (exact) mass is 354 g/mol. The van der Waals surface area contributed by atoms with Crippen LogP contribution >= 0.6 is 11.3 Å². The Morgan fingerprint density at radius 1 is 1.36 bits per heavy atom. The molecule has 3 rings (SSSR count). The molecule has 0 spiro atoms. The van der Waals surface area contributed by atoms with Gasteiger partial charge in [-0.1, -0.05) is 18.2 Å². The maximum atomic E-state index is 12.2. The van der Waals surface area contributed by atoms with Gasteiger partial charge in [0.05, 0.1) is 12.5 Å². The van der Waals surface area contributed by atoms with Crippen LogP contribution in [0.3, 0.4) is 0 Å². The van der Waals surface area contributed by atoms with Gasteiger partial charge in [0.1, 0.15) is 5.01 Å². The Kier molecular flexibility index (Phi) is 5.25. The molecule has 128 valence electrons. The number of nitriles is 1. The number of aromatic nitrogens is 1. The Hall–Kier alpha value is -2.52. The van der Waals surface area contributed by atoms with Crippen molar-refractivity contribution >= 4 is 23.1 Å². The fourth-order valence-electron chi connectivity index (χ4n) is 2.96. The minimum absolute atomic E-state index is 0.133. The predicted octanol–water partition coefficient (Wildman–Crippen LogP) is 2.90. The normalized spacial score (nSPS) is 13.8. The summed E-state index contributed by atoms with van der Waals surface area (Å²) in [6, 6.07) is 7.98. The van der Waals surface area contributed by atoms with E-state index in [1.54, 1.807) is 12.3 Å². The number of ether oxygens (including phenoxy) is 1. The molecule has 0 radical (unpaired) electrons. The van der Waals surface area contributed by atoms with Crippen LogP contribution in [0.4, 0.5) is 0 Å². The second-order valence-electron chi connectivity index (χ2n) is 6.15. The number of thiazole rings is 1. The summed E-state index contributed by atoms with van der Waals surface area (Å²) >= 11 is 1.26. The zero-order chi connectivity index (χ0) is 17.8. The molecule has 1 atom stereocenters. The Bertz CT molecular complexity index is 851. The summed E-state index contributed by atoms with van der Waals surface area (Å²) in [5, 5.41) is 11.4. The van der Waals surface area contributed by atoms with Crippen LogP contribution in [0.5, 0.6) is 0 Å². The van der Waals surface area contributed by atoms with Crippen LogP contribution < -0.4 is 0 Å². The van der Waals surface area contributed by atoms with E-state index in [1.165, 1.54) is 22.5 Å². The van der Waals surface area contributed by atoms with Crippen LogP contribution in [-0.2, 0) is 33.6 Å². The summed E-state index contributed by atoms with van der Waals surface area (Å²) in [5.41, 5.74) is 4.31. The molecule has 0 N–H and O–H groups in total. The van der Waals surface area contributed by atoms with Crippen molar-refractivity contribution < 1.29 is 14.3 Å². The molecular weight excluding hydrogens is 336 g/mol. The Morgan fingerprint density at radius 3 is 2.88 bits per heavy atom. The van der Waals surface area contributed by atoms with Gasteiger partial charge in [-0.05, 0) is 42.9 Å². The van der Waals surface area contributed by atoms with Crippen molar-refractivity contribution in [2.45, 2.75) is 38.5 Å². The molecule has 0 unspecified atom stereocenters. The van der Waals surface area contributed by atoms with Gasteiger partial charge in [-0.15, -0.1) is 11.3 Å². The van der Waals surface area contributed by atoms with E-state index in [0.717, 1.165) is 30.5 Å². The highest BCUT2D eigenvalue weighted by molar-refractivity contribution is 7.09. The predicted molar refractivity (Wildman–Crippen MR) is 93.3 cm³/mol. The van der Waals surface area contributed by atoms with E-state index in [0.29, 0.717) is 5.01 Å². The van der Waals surface area contributed by atoms with Gasteiger partial charge in [0.15, 0.2) is 18.3 Å². The summed E-state index contributed by atoms with van der Waals surface area (Å²) in [5.74, 6) is -1.89. The Balaban J connectivity index is 1.55. The number of ketones is 1. The first-order valence-corrected chi connectivity index (χ1v) is 9.05. The number of esters is 1. The molecule has 0 saturated heterocycles. The lowest BCUT2D eigenvalue weighted by atomic mass is 10.0. The van der Waals surface area contributed by atoms with Crippen molar-refractivity contribution in [3.63, 3.8) is 0 Å². The van der Waals surface area contributed by atoms with Gasteiger partial charge in [-0.2, -0.15) is 5.26 Å². The summed E-state index contributed by atoms with van der Waals surface area (Å²) in [7, 11) is 0. The van der Waals surface area contributed by atoms with Crippen molar-refractivity contribution in [2.24, 2.45) is 0 Å². The van der Waals surface area contributed by atoms with E-state index < -0.39 is 24.3 Å². The quantitative estimate of drug-likeness (QED) is 0.745. The van der Waals surface area contributed by atoms with Crippen molar-refractivity contribution in [3.05, 3.63) is 51.0 Å². The molecule has 1 aromatic heterocycles. The number of hydrogen-bond acceptors (Lipinski definition) is 6. The maximum absolute atomic E-state index is 12.2. The van der Waals surface area contributed by atoms with Crippen LogP contribution in [0.15, 0.2) is 23.6 Å². The van der Waals surface area contributed by atoms with Crippen molar-refractivity contribution in [1.82, 2.24) is 4.98 Å². The summed E-state index contributed by atoms with van der Waals surface area (Å²) in [6.45, 7) is 1.40. The van der Waals surface area contributed by atoms with Crippen LogP contribution in [0.2, 0.25) is 0 Å². The number of aryl methyl sites for hydroxylation is 3. The first-order valence-electron chi connectivity index (χ1n) is 8.17. The van der Waals surface area contributed by atoms with E-state index in [2.05, 4.69) is 11.1 Å². The molecule has 1 heterocycles. The number of benzene rings is 1. The number of hydrogen-bond donors (Lipinski definition) is 0. The first kappa shape index (κ1) is 17.3. The highest BCUT2D eigenvalue weighted by Gasteiger charge is 2.24. The number of rotatable bonds is 6. The van der Waals surface area contributed by atoms with Gasteiger partial charge in [0, 0.05) is 11.1 Å². The van der Waals surface area contributed by atoms with E-state index in [4.69, 9.17) is 4.74 Å². The van der Waals surface area contributed by atoms with Crippen LogP contribution in [-0.4, -0.2) is 23.3 Å². The molecular formula is C19H18N2O3S. The molecule has 1 aliphatic rings. The lowest BCUT2D eigenvalue weighted by Crippen LogP contribution is -2.20. The van der Waals surface area contributed by atoms with Crippen LogP contribution in [0.1, 0.15) is 39.7 Å². The third-order valence-electron chi connectivity index (χ3n) is 4.22. The van der Waals surface area contributed by atoms with Gasteiger partial charge in [0.25, 0.3) is 0 Å². The van der Waals surface area contributed by atoms with E-state index in [9.17, 15) is 14.9 Å². The van der Waals surface area contributed by atoms with Gasteiger partial charge >= 0.3 is 5.97 Å². The minimum atomic E-state index is -0.980. The number of carbonyl (C=O) groups excluding carboxylic acids is 2. The zero-order valence-corrected chi connectivity index (χ0v) is 14.8. The zero-order valence-electron chi connectivity index (χ0n) is 13.9. The number of Topliss-reactive ketones (excluding diaryl/α,β-unsaturated/α-hetero) is 1. The fourth-order valence-corrected chi connectivity index (χ4v) is 3.82. The minimum Gasteiger partial charge on any atom is -0.457 e. The van der Waals surface area contributed by atoms with Gasteiger partial charge < -0.3 is 4.74 Å². The molecule has 5 nitrogen and oxygen atoms in total. The second-order valence-corrected chi connectivity index (χ2v) is 7.04. The van der Waals surface area contributed by atoms with Crippen LogP contribution in [0.25, 0.3) is 0 Å². The van der Waals surface area contributed by atoms with Gasteiger partial charge in [0.2, 0.25) is 0 Å². The molecule has 6 heteroatoms. The first-order chi connectivity index (χ1) is 12.1. The highest BCUT2D eigenvalue weighted by atomic mass is 32.1. The lowest BCUT2D eigenvalue weighted by molar-refractivity contribution is -0.147. The number of nitrogens with zero attached hydrogens (tertiary/aromatic N) is 2. The molecule has 25 heavy (non-hydrogen) atoms. The average Bonchev–Trinajstić information content (AvgIpc) is 3.22. The largest absolute Gasteiger partial charge is 0.457 e. The smallest absolute Gasteiger partial charge is 0.310 e. The van der Waals surface area contributed by atoms with Crippen molar-refractivity contribution in [2.75, 3.05) is 6.61 Å². The molecule has 0 amide bonds. The maximum Gasteiger partial charge on any atom is 0.310 e. The standard InChI is InChI=1S/C19H18N2O3S/c1-12-11-25-19(21-12)16(9-20)17(22)10-24-18(23)8-13-5-6-14-3-2-4-15(14)7-13/h5-7,11,16H,2-4,8,10H2,1H3/t16-/m0/s1. The lowest BCUT2D eigenvalue weighted by Gasteiger charge is -2.08. The van der Waals surface area contributed by atoms with E-state index in [1.807, 2.05) is 18.2 Å². The van der Waals surface area contributed by atoms with Gasteiger partial charge in [-0.3, -0.25) is 9.59 Å². The highest BCUT2D eigenvalue weighted by Crippen LogP contribution is 2.23. The van der Waals surface area contributed by atoms with Crippen molar-refractivity contribution in [1.29, 1.82) is 5.26 Å². The Morgan fingerprint density at radius 2 is 2.16 bits per heavy atom. The Labute approximate surface area is 150 Å². The van der Waals surface area contributed by atoms with Gasteiger partial charge in [-0.25, -0.2) is 4.98 Å². The third kappa shape index (κ3) is 4.12. The summed E-state index contributed by atoms with van der Waals surface area (Å²) < 4.78 is 5.08. The van der Waals surface area contributed by atoms with E-state index >= 15 is 0 Å². The molecule has 2 aromatic rings. The van der Waals surface area contributed by atoms with Crippen LogP contribution in [0, 0.1) is 18.3 Å². The molecule has 0 aliphatic heterocycles. The molecule has 1 aliphatic carbocycles. The molecule has 0 saturated carbocycles. The average molecular weight is 354 g/mol. The summed E-state index contributed by atoms with van der Waals surface area (Å²) in [4.78, 5) is 28.3. The fraction of sp³-hybridized carbons (Fsp3) is 0.368. The second kappa shape index (κ2) is 7.58. The van der Waals surface area contributed by atoms with E-state index in [-0.39, 0.29) is 6.42 Å². The SMILES string of the molecule is Cc1csc([C@@H](C#N)C(=O)COC(=O)Cc2ccc3c(c2)CCC3)n1. The number of fused-ring (bicyclic) bond motifs is 1.